The lowest BCUT2D eigenvalue weighted by Crippen LogP contribution is -2.36. The average Bonchev–Trinajstić information content (AvgIpc) is 2.10. The summed E-state index contributed by atoms with van der Waals surface area (Å²) < 4.78 is 1.11. The van der Waals surface area contributed by atoms with E-state index in [1.54, 1.807) is 0 Å². The molecule has 1 aliphatic heterocycles. The van der Waals surface area contributed by atoms with Gasteiger partial charge in [0.2, 0.25) is 0 Å². The molecule has 0 aromatic rings. The number of hydrogen-bond acceptors (Lipinski definition) is 0. The van der Waals surface area contributed by atoms with Crippen molar-refractivity contribution in [3.05, 3.63) is 0 Å². The van der Waals surface area contributed by atoms with Gasteiger partial charge in [-0.1, -0.05) is 5.92 Å². The molecule has 1 nitrogen and oxygen atoms in total. The van der Waals surface area contributed by atoms with E-state index in [-0.39, 0.29) is 0 Å². The maximum Gasteiger partial charge on any atom is 0.0924 e. The monoisotopic (exact) mass is 124 g/mol. The fourth-order valence-corrected chi connectivity index (χ4v) is 1.42. The Morgan fingerprint density at radius 1 is 1.56 bits per heavy atom. The molecule has 0 bridgehead atoms. The van der Waals surface area contributed by atoms with Gasteiger partial charge in [-0.05, 0) is 0 Å². The van der Waals surface area contributed by atoms with Gasteiger partial charge in [0, 0.05) is 6.42 Å². The molecule has 9 heavy (non-hydrogen) atoms. The molecular weight excluding hydrogens is 110 g/mol. The molecule has 0 amide bonds. The van der Waals surface area contributed by atoms with Crippen molar-refractivity contribution < 1.29 is 4.48 Å². The zero-order valence-corrected chi connectivity index (χ0v) is 6.22. The molecule has 1 heterocycles. The highest BCUT2D eigenvalue weighted by atomic mass is 15.3. The number of hydrogen-bond donors (Lipinski definition) is 0. The minimum Gasteiger partial charge on any atom is -0.327 e. The Balaban J connectivity index is 2.50. The van der Waals surface area contributed by atoms with Gasteiger partial charge in [0.25, 0.3) is 0 Å². The van der Waals surface area contributed by atoms with Crippen LogP contribution in [0.25, 0.3) is 0 Å². The minimum atomic E-state index is 0.542. The summed E-state index contributed by atoms with van der Waals surface area (Å²) in [4.78, 5) is 0. The number of likely N-dealkylation sites (tertiary alicyclic amines) is 1. The Labute approximate surface area is 57.3 Å². The largest absolute Gasteiger partial charge is 0.327 e. The Kier molecular flexibility index (Phi) is 1.50. The average molecular weight is 124 g/mol. The molecule has 0 spiro atoms. The van der Waals surface area contributed by atoms with Gasteiger partial charge in [-0.2, -0.15) is 0 Å². The molecule has 1 heteroatoms. The van der Waals surface area contributed by atoms with Crippen LogP contribution in [0.3, 0.4) is 0 Å². The Morgan fingerprint density at radius 2 is 2.22 bits per heavy atom. The van der Waals surface area contributed by atoms with Crippen molar-refractivity contribution in [2.24, 2.45) is 5.92 Å². The minimum absolute atomic E-state index is 0.542. The fraction of sp³-hybridized carbons (Fsp3) is 0.750. The van der Waals surface area contributed by atoms with Crippen LogP contribution in [0, 0.1) is 18.3 Å². The van der Waals surface area contributed by atoms with E-state index in [9.17, 15) is 0 Å². The van der Waals surface area contributed by atoms with Gasteiger partial charge in [0.05, 0.1) is 33.1 Å². The predicted molar refractivity (Wildman–Crippen MR) is 38.8 cm³/mol. The number of rotatable bonds is 0. The molecule has 1 fully saturated rings. The lowest BCUT2D eigenvalue weighted by molar-refractivity contribution is -0.878. The van der Waals surface area contributed by atoms with Gasteiger partial charge in [0.1, 0.15) is 0 Å². The third kappa shape index (κ3) is 1.46. The summed E-state index contributed by atoms with van der Waals surface area (Å²) in [6.45, 7) is 2.41. The number of nitrogens with zero attached hydrogens (tertiary/aromatic N) is 1. The summed E-state index contributed by atoms with van der Waals surface area (Å²) >= 11 is 0. The predicted octanol–water partition coefficient (Wildman–Crippen LogP) is 0.716. The summed E-state index contributed by atoms with van der Waals surface area (Å²) in [6, 6.07) is 0. The highest BCUT2D eigenvalue weighted by molar-refractivity contribution is 4.94. The summed E-state index contributed by atoms with van der Waals surface area (Å²) in [5.74, 6) is 3.35. The van der Waals surface area contributed by atoms with Crippen LogP contribution in [-0.2, 0) is 0 Å². The van der Waals surface area contributed by atoms with Gasteiger partial charge in [0.15, 0.2) is 0 Å². The van der Waals surface area contributed by atoms with Crippen LogP contribution < -0.4 is 0 Å². The van der Waals surface area contributed by atoms with E-state index >= 15 is 0 Å². The van der Waals surface area contributed by atoms with Gasteiger partial charge in [-0.25, -0.2) is 0 Å². The SMILES string of the molecule is C#CC1CC[N+](C)(C)C1. The van der Waals surface area contributed by atoms with Crippen LogP contribution in [0.1, 0.15) is 6.42 Å². The van der Waals surface area contributed by atoms with E-state index in [1.165, 1.54) is 13.0 Å². The molecule has 0 aliphatic carbocycles. The van der Waals surface area contributed by atoms with Crippen LogP contribution in [0.5, 0.6) is 0 Å². The second-order valence-electron chi connectivity index (χ2n) is 3.49. The smallest absolute Gasteiger partial charge is 0.0924 e. The fourth-order valence-electron chi connectivity index (χ4n) is 1.42. The summed E-state index contributed by atoms with van der Waals surface area (Å²) in [7, 11) is 4.47. The van der Waals surface area contributed by atoms with E-state index in [4.69, 9.17) is 6.42 Å². The normalized spacial score (nSPS) is 31.9. The molecule has 1 saturated heterocycles. The van der Waals surface area contributed by atoms with Crippen LogP contribution in [0.4, 0.5) is 0 Å². The van der Waals surface area contributed by atoms with Crippen molar-refractivity contribution in [3.63, 3.8) is 0 Å². The molecule has 1 unspecified atom stereocenters. The zero-order valence-electron chi connectivity index (χ0n) is 6.22. The lowest BCUT2D eigenvalue weighted by atomic mass is 10.1. The Morgan fingerprint density at radius 3 is 2.44 bits per heavy atom. The molecule has 1 aliphatic rings. The molecule has 1 atom stereocenters. The Hall–Kier alpha value is -0.480. The van der Waals surface area contributed by atoms with Gasteiger partial charge >= 0.3 is 0 Å². The van der Waals surface area contributed by atoms with Crippen molar-refractivity contribution in [1.82, 2.24) is 0 Å². The van der Waals surface area contributed by atoms with Crippen molar-refractivity contribution in [2.45, 2.75) is 6.42 Å². The van der Waals surface area contributed by atoms with E-state index in [0.29, 0.717) is 5.92 Å². The maximum absolute atomic E-state index is 5.29. The topological polar surface area (TPSA) is 0 Å². The van der Waals surface area contributed by atoms with E-state index < -0.39 is 0 Å². The zero-order chi connectivity index (χ0) is 6.91. The first kappa shape index (κ1) is 6.64. The molecule has 0 aromatic carbocycles. The summed E-state index contributed by atoms with van der Waals surface area (Å²) in [5.41, 5.74) is 0. The third-order valence-corrected chi connectivity index (χ3v) is 2.03. The second kappa shape index (κ2) is 2.04. The van der Waals surface area contributed by atoms with E-state index in [2.05, 4.69) is 20.0 Å². The summed E-state index contributed by atoms with van der Waals surface area (Å²) in [6.07, 6.45) is 6.51. The van der Waals surface area contributed by atoms with Gasteiger partial charge in [-0.15, -0.1) is 6.42 Å². The molecule has 50 valence electrons. The lowest BCUT2D eigenvalue weighted by Gasteiger charge is -2.22. The third-order valence-electron chi connectivity index (χ3n) is 2.03. The van der Waals surface area contributed by atoms with Crippen molar-refractivity contribution in [1.29, 1.82) is 0 Å². The first-order chi connectivity index (χ1) is 4.14. The van der Waals surface area contributed by atoms with Crippen molar-refractivity contribution >= 4 is 0 Å². The first-order valence-corrected chi connectivity index (χ1v) is 3.42. The summed E-state index contributed by atoms with van der Waals surface area (Å²) in [5, 5.41) is 0. The Bertz CT molecular complexity index is 141. The maximum atomic E-state index is 5.29. The van der Waals surface area contributed by atoms with Crippen molar-refractivity contribution in [3.8, 4) is 12.3 Å². The highest BCUT2D eigenvalue weighted by Gasteiger charge is 2.28. The van der Waals surface area contributed by atoms with Gasteiger partial charge < -0.3 is 4.48 Å². The number of quaternary nitrogens is 1. The molecule has 0 radical (unpaired) electrons. The molecule has 0 saturated carbocycles. The quantitative estimate of drug-likeness (QED) is 0.329. The molecule has 0 aromatic heterocycles. The standard InChI is InChI=1S/C8H14N/c1-4-8-5-6-9(2,3)7-8/h1,8H,5-7H2,2-3H3/q+1. The van der Waals surface area contributed by atoms with E-state index in [0.717, 1.165) is 11.0 Å². The van der Waals surface area contributed by atoms with Crippen LogP contribution >= 0.6 is 0 Å². The number of terminal acetylenes is 1. The van der Waals surface area contributed by atoms with Crippen LogP contribution in [0.15, 0.2) is 0 Å². The van der Waals surface area contributed by atoms with Crippen molar-refractivity contribution in [2.75, 3.05) is 27.2 Å². The molecule has 1 rings (SSSR count). The first-order valence-electron chi connectivity index (χ1n) is 3.42. The van der Waals surface area contributed by atoms with Crippen LogP contribution in [0.2, 0.25) is 0 Å². The highest BCUT2D eigenvalue weighted by Crippen LogP contribution is 2.18. The van der Waals surface area contributed by atoms with E-state index in [1.807, 2.05) is 0 Å². The molecule has 0 N–H and O–H groups in total. The second-order valence-corrected chi connectivity index (χ2v) is 3.49. The van der Waals surface area contributed by atoms with Crippen LogP contribution in [-0.4, -0.2) is 31.7 Å². The van der Waals surface area contributed by atoms with Gasteiger partial charge in [-0.3, -0.25) is 0 Å². The molecular formula is C8H14N+.